The van der Waals surface area contributed by atoms with Crippen LogP contribution < -0.4 is 5.73 Å². The molecule has 0 aliphatic rings. The van der Waals surface area contributed by atoms with Gasteiger partial charge in [-0.15, -0.1) is 0 Å². The van der Waals surface area contributed by atoms with E-state index in [9.17, 15) is 9.59 Å². The zero-order valence-electron chi connectivity index (χ0n) is 16.8. The maximum absolute atomic E-state index is 12.1. The minimum Gasteiger partial charge on any atom is -0.458 e. The smallest absolute Gasteiger partial charge is 0.331 e. The van der Waals surface area contributed by atoms with Crippen LogP contribution in [-0.2, 0) is 22.7 Å². The van der Waals surface area contributed by atoms with E-state index < -0.39 is 11.9 Å². The number of aryl methyl sites for hydroxylation is 2. The van der Waals surface area contributed by atoms with E-state index in [1.165, 1.54) is 11.6 Å². The Morgan fingerprint density at radius 2 is 1.70 bits per heavy atom. The Bertz CT molecular complexity index is 1080. The fourth-order valence-electron chi connectivity index (χ4n) is 2.85. The van der Waals surface area contributed by atoms with Gasteiger partial charge in [-0.05, 0) is 43.2 Å². The van der Waals surface area contributed by atoms with Crippen molar-refractivity contribution in [3.05, 3.63) is 93.3 Å². The van der Waals surface area contributed by atoms with Gasteiger partial charge >= 0.3 is 5.97 Å². The molecule has 0 saturated heterocycles. The molecule has 6 nitrogen and oxygen atoms in total. The van der Waals surface area contributed by atoms with Crippen LogP contribution >= 0.6 is 11.6 Å². The normalized spacial score (nSPS) is 11.0. The molecule has 2 aromatic carbocycles. The van der Waals surface area contributed by atoms with E-state index in [0.29, 0.717) is 22.8 Å². The molecule has 0 atom stereocenters. The largest absolute Gasteiger partial charge is 0.458 e. The summed E-state index contributed by atoms with van der Waals surface area (Å²) in [4.78, 5) is 23.1. The molecule has 0 aliphatic carbocycles. The first kappa shape index (κ1) is 21.3. The number of benzene rings is 2. The lowest BCUT2D eigenvalue weighted by Gasteiger charge is -2.04. The van der Waals surface area contributed by atoms with Crippen LogP contribution in [0.4, 0.5) is 0 Å². The molecule has 0 spiro atoms. The van der Waals surface area contributed by atoms with Gasteiger partial charge in [-0.3, -0.25) is 4.79 Å². The molecule has 0 fully saturated rings. The number of esters is 1. The minimum absolute atomic E-state index is 0.0849. The Morgan fingerprint density at radius 1 is 1.07 bits per heavy atom. The first-order chi connectivity index (χ1) is 14.3. The number of carbonyl (C=O) groups excluding carboxylic acids is 2. The molecule has 30 heavy (non-hydrogen) atoms. The van der Waals surface area contributed by atoms with Crippen molar-refractivity contribution < 1.29 is 14.3 Å². The maximum atomic E-state index is 12.1. The lowest BCUT2D eigenvalue weighted by Crippen LogP contribution is -2.10. The lowest BCUT2D eigenvalue weighted by atomic mass is 10.1. The molecule has 0 saturated carbocycles. The standard InChI is InChI=1S/C23H22ClN3O3/c1-15-3-5-17(6-4-15)13-27-22(24)20(16(2)26-27)11-12-21(28)30-14-18-7-9-19(10-8-18)23(25)29/h3-12H,13-14H2,1-2H3,(H2,25,29)/b12-11+. The molecule has 0 unspecified atom stereocenters. The molecule has 154 valence electrons. The number of hydrogen-bond acceptors (Lipinski definition) is 4. The van der Waals surface area contributed by atoms with Gasteiger partial charge in [0.2, 0.25) is 5.91 Å². The summed E-state index contributed by atoms with van der Waals surface area (Å²) in [5.41, 5.74) is 10.0. The fraction of sp³-hybridized carbons (Fsp3) is 0.174. The third-order valence-electron chi connectivity index (χ3n) is 4.57. The number of ether oxygens (including phenoxy) is 1. The van der Waals surface area contributed by atoms with E-state index in [1.807, 2.05) is 38.1 Å². The maximum Gasteiger partial charge on any atom is 0.331 e. The SMILES string of the molecule is Cc1ccc(Cn2nc(C)c(/C=C/C(=O)OCc3ccc(C(N)=O)cc3)c2Cl)cc1. The third-order valence-corrected chi connectivity index (χ3v) is 4.97. The second-order valence-corrected chi connectivity index (χ2v) is 7.29. The molecule has 3 rings (SSSR count). The Morgan fingerprint density at radius 3 is 2.33 bits per heavy atom. The number of hydrogen-bond donors (Lipinski definition) is 1. The van der Waals surface area contributed by atoms with Crippen molar-refractivity contribution >= 4 is 29.6 Å². The molecule has 0 aliphatic heterocycles. The van der Waals surface area contributed by atoms with Crippen molar-refractivity contribution in [1.29, 1.82) is 0 Å². The minimum atomic E-state index is -0.504. The van der Waals surface area contributed by atoms with Crippen LogP contribution in [0.1, 0.15) is 38.3 Å². The van der Waals surface area contributed by atoms with Gasteiger partial charge < -0.3 is 10.5 Å². The first-order valence-electron chi connectivity index (χ1n) is 9.35. The first-order valence-corrected chi connectivity index (χ1v) is 9.73. The highest BCUT2D eigenvalue weighted by atomic mass is 35.5. The van der Waals surface area contributed by atoms with Crippen molar-refractivity contribution in [3.8, 4) is 0 Å². The van der Waals surface area contributed by atoms with Crippen molar-refractivity contribution in [2.75, 3.05) is 0 Å². The van der Waals surface area contributed by atoms with Crippen molar-refractivity contribution in [2.24, 2.45) is 5.73 Å². The monoisotopic (exact) mass is 423 g/mol. The number of amides is 1. The number of halogens is 1. The quantitative estimate of drug-likeness (QED) is 0.458. The Labute approximate surface area is 179 Å². The van der Waals surface area contributed by atoms with Gasteiger partial charge in [0.15, 0.2) is 0 Å². The Hall–Kier alpha value is -3.38. The van der Waals surface area contributed by atoms with Crippen LogP contribution in [0.5, 0.6) is 0 Å². The third kappa shape index (κ3) is 5.36. The fourth-order valence-corrected chi connectivity index (χ4v) is 3.14. The number of aromatic nitrogens is 2. The van der Waals surface area contributed by atoms with E-state index in [4.69, 9.17) is 22.1 Å². The molecular formula is C23H22ClN3O3. The van der Waals surface area contributed by atoms with Crippen LogP contribution in [0, 0.1) is 13.8 Å². The van der Waals surface area contributed by atoms with E-state index >= 15 is 0 Å². The predicted octanol–water partition coefficient (Wildman–Crippen LogP) is 4.06. The molecule has 0 bridgehead atoms. The summed E-state index contributed by atoms with van der Waals surface area (Å²) in [6.45, 7) is 4.50. The zero-order valence-corrected chi connectivity index (χ0v) is 17.5. The van der Waals surface area contributed by atoms with Gasteiger partial charge in [0, 0.05) is 17.2 Å². The van der Waals surface area contributed by atoms with Gasteiger partial charge in [0.05, 0.1) is 12.2 Å². The second-order valence-electron chi connectivity index (χ2n) is 6.94. The summed E-state index contributed by atoms with van der Waals surface area (Å²) in [5, 5.41) is 4.92. The Kier molecular flexibility index (Phi) is 6.69. The van der Waals surface area contributed by atoms with Gasteiger partial charge in [0.1, 0.15) is 11.8 Å². The Balaban J connectivity index is 1.62. The van der Waals surface area contributed by atoms with Crippen molar-refractivity contribution in [2.45, 2.75) is 27.0 Å². The number of rotatable bonds is 7. The summed E-state index contributed by atoms with van der Waals surface area (Å²) in [5.74, 6) is -1.01. The summed E-state index contributed by atoms with van der Waals surface area (Å²) in [7, 11) is 0. The van der Waals surface area contributed by atoms with Gasteiger partial charge in [-0.25, -0.2) is 9.48 Å². The highest BCUT2D eigenvalue weighted by Gasteiger charge is 2.12. The summed E-state index contributed by atoms with van der Waals surface area (Å²) in [6.07, 6.45) is 2.93. The molecule has 7 heteroatoms. The van der Waals surface area contributed by atoms with Crippen LogP contribution in [0.3, 0.4) is 0 Å². The van der Waals surface area contributed by atoms with Crippen LogP contribution in [-0.4, -0.2) is 21.7 Å². The van der Waals surface area contributed by atoms with Crippen LogP contribution in [0.25, 0.3) is 6.08 Å². The highest BCUT2D eigenvalue weighted by molar-refractivity contribution is 6.31. The molecule has 3 aromatic rings. The summed E-state index contributed by atoms with van der Waals surface area (Å²) >= 11 is 6.47. The van der Waals surface area contributed by atoms with Crippen molar-refractivity contribution in [1.82, 2.24) is 9.78 Å². The number of primary amides is 1. The summed E-state index contributed by atoms with van der Waals surface area (Å²) in [6, 6.07) is 14.7. The van der Waals surface area contributed by atoms with E-state index in [1.54, 1.807) is 35.0 Å². The molecular weight excluding hydrogens is 402 g/mol. The molecule has 1 heterocycles. The van der Waals surface area contributed by atoms with E-state index in [0.717, 1.165) is 16.8 Å². The molecule has 2 N–H and O–H groups in total. The average Bonchev–Trinajstić information content (AvgIpc) is 2.99. The van der Waals surface area contributed by atoms with Crippen LogP contribution in [0.2, 0.25) is 5.15 Å². The van der Waals surface area contributed by atoms with Gasteiger partial charge in [-0.2, -0.15) is 5.10 Å². The topological polar surface area (TPSA) is 87.2 Å². The van der Waals surface area contributed by atoms with Crippen molar-refractivity contribution in [3.63, 3.8) is 0 Å². The van der Waals surface area contributed by atoms with E-state index in [-0.39, 0.29) is 6.61 Å². The molecule has 1 aromatic heterocycles. The molecule has 1 amide bonds. The lowest BCUT2D eigenvalue weighted by molar-refractivity contribution is -0.138. The zero-order chi connectivity index (χ0) is 21.7. The van der Waals surface area contributed by atoms with Gasteiger partial charge in [-0.1, -0.05) is 53.6 Å². The number of nitrogens with two attached hydrogens (primary N) is 1. The van der Waals surface area contributed by atoms with E-state index in [2.05, 4.69) is 5.10 Å². The molecule has 0 radical (unpaired) electrons. The number of nitrogens with zero attached hydrogens (tertiary/aromatic N) is 2. The van der Waals surface area contributed by atoms with Crippen LogP contribution in [0.15, 0.2) is 54.6 Å². The number of carbonyl (C=O) groups is 2. The predicted molar refractivity (Wildman–Crippen MR) is 116 cm³/mol. The average molecular weight is 424 g/mol. The van der Waals surface area contributed by atoms with Gasteiger partial charge in [0.25, 0.3) is 0 Å². The summed E-state index contributed by atoms with van der Waals surface area (Å²) < 4.78 is 6.93. The highest BCUT2D eigenvalue weighted by Crippen LogP contribution is 2.22. The second kappa shape index (κ2) is 9.41.